The Labute approximate surface area is 148 Å². The summed E-state index contributed by atoms with van der Waals surface area (Å²) in [7, 11) is 1.60. The molecule has 1 aromatic heterocycles. The Morgan fingerprint density at radius 2 is 2.00 bits per heavy atom. The van der Waals surface area contributed by atoms with Gasteiger partial charge in [0.1, 0.15) is 0 Å². The van der Waals surface area contributed by atoms with Gasteiger partial charge in [0.2, 0.25) is 0 Å². The summed E-state index contributed by atoms with van der Waals surface area (Å²) in [6.07, 6.45) is 2.61. The lowest BCUT2D eigenvalue weighted by Crippen LogP contribution is -2.34. The second-order valence-corrected chi connectivity index (χ2v) is 6.42. The molecule has 1 aromatic carbocycles. The molecule has 0 aliphatic rings. The van der Waals surface area contributed by atoms with Gasteiger partial charge in [-0.05, 0) is 38.3 Å². The van der Waals surface area contributed by atoms with Gasteiger partial charge in [-0.3, -0.25) is 0 Å². The molecule has 0 spiro atoms. The van der Waals surface area contributed by atoms with Crippen LogP contribution in [0.25, 0.3) is 0 Å². The fraction of sp³-hybridized carbons (Fsp3) is 0.444. The molecule has 0 unspecified atom stereocenters. The fourth-order valence-corrected chi connectivity index (χ4v) is 3.66. The van der Waals surface area contributed by atoms with Crippen LogP contribution in [0.5, 0.6) is 5.75 Å². The van der Waals surface area contributed by atoms with Crippen LogP contribution < -0.4 is 4.74 Å². The number of amides is 1. The number of ether oxygens (including phenoxy) is 1. The highest BCUT2D eigenvalue weighted by Crippen LogP contribution is 2.37. The number of carbonyl (C=O) groups excluding carboxylic acids is 1. The first-order valence-corrected chi connectivity index (χ1v) is 9.06. The highest BCUT2D eigenvalue weighted by atomic mass is 32.2. The largest absolute Gasteiger partial charge is 0.492 e. The molecule has 0 saturated carbocycles. The second-order valence-electron chi connectivity index (χ2n) is 5.42. The average Bonchev–Trinajstić information content (AvgIpc) is 3.00. The summed E-state index contributed by atoms with van der Waals surface area (Å²) in [6.45, 7) is 9.44. The zero-order chi connectivity index (χ0) is 17.7. The summed E-state index contributed by atoms with van der Waals surface area (Å²) < 4.78 is 6.81. The van der Waals surface area contributed by atoms with Crippen molar-refractivity contribution in [2.24, 2.45) is 0 Å². The minimum atomic E-state index is -0.134. The number of nitrogens with zero attached hydrogens (tertiary/aromatic N) is 3. The zero-order valence-electron chi connectivity index (χ0n) is 15.0. The summed E-state index contributed by atoms with van der Waals surface area (Å²) in [5.74, 6) is 0.616. The minimum Gasteiger partial charge on any atom is -0.492 e. The third-order valence-electron chi connectivity index (χ3n) is 3.97. The Hall–Kier alpha value is -1.95. The van der Waals surface area contributed by atoms with Gasteiger partial charge in [-0.25, -0.2) is 4.79 Å². The molecule has 2 aromatic rings. The first kappa shape index (κ1) is 18.4. The molecule has 0 radical (unpaired) electrons. The number of methoxy groups -OCH3 is 1. The van der Waals surface area contributed by atoms with E-state index in [1.807, 2.05) is 13.8 Å². The van der Waals surface area contributed by atoms with Crippen molar-refractivity contribution < 1.29 is 9.53 Å². The van der Waals surface area contributed by atoms with Crippen LogP contribution in [0.1, 0.15) is 31.9 Å². The van der Waals surface area contributed by atoms with E-state index in [-0.39, 0.29) is 6.03 Å². The van der Waals surface area contributed by atoms with E-state index in [1.165, 1.54) is 20.7 Å². The highest BCUT2D eigenvalue weighted by Gasteiger charge is 2.19. The number of hydrogen-bond acceptors (Lipinski definition) is 4. The van der Waals surface area contributed by atoms with Crippen LogP contribution >= 0.6 is 11.8 Å². The molecule has 24 heavy (non-hydrogen) atoms. The van der Waals surface area contributed by atoms with E-state index in [1.54, 1.807) is 30.0 Å². The maximum atomic E-state index is 12.5. The molecule has 0 N–H and O–H groups in total. The number of aromatic nitrogens is 2. The van der Waals surface area contributed by atoms with Crippen molar-refractivity contribution in [2.45, 2.75) is 44.0 Å². The number of aryl methyl sites for hydroxylation is 2. The molecular formula is C18H25N3O2S. The normalized spacial score (nSPS) is 10.7. The molecule has 0 aliphatic heterocycles. The monoisotopic (exact) mass is 347 g/mol. The summed E-state index contributed by atoms with van der Waals surface area (Å²) in [5.41, 5.74) is 2.47. The van der Waals surface area contributed by atoms with Gasteiger partial charge in [0.15, 0.2) is 10.8 Å². The third kappa shape index (κ3) is 3.75. The smallest absolute Gasteiger partial charge is 0.344 e. The molecule has 0 saturated heterocycles. The van der Waals surface area contributed by atoms with Gasteiger partial charge in [-0.15, -0.1) is 0 Å². The Kier molecular flexibility index (Phi) is 6.31. The third-order valence-corrected chi connectivity index (χ3v) is 5.24. The highest BCUT2D eigenvalue weighted by molar-refractivity contribution is 7.99. The van der Waals surface area contributed by atoms with E-state index in [9.17, 15) is 4.79 Å². The number of carbonyl (C=O) groups is 1. The van der Waals surface area contributed by atoms with Gasteiger partial charge in [-0.1, -0.05) is 36.9 Å². The standard InChI is InChI=1S/C18H25N3O2S/c1-6-14-11-9-10-13(4)16(14)24-17-15(23-5)12-21(19-17)18(22)20(7-2)8-3/h9-12H,6-8H2,1-5H3. The lowest BCUT2D eigenvalue weighted by Gasteiger charge is -2.17. The zero-order valence-corrected chi connectivity index (χ0v) is 15.8. The van der Waals surface area contributed by atoms with Crippen LogP contribution in [0.4, 0.5) is 4.79 Å². The Balaban J connectivity index is 2.37. The minimum absolute atomic E-state index is 0.134. The van der Waals surface area contributed by atoms with Gasteiger partial charge in [0.25, 0.3) is 0 Å². The van der Waals surface area contributed by atoms with Crippen LogP contribution in [0.15, 0.2) is 34.3 Å². The molecule has 6 heteroatoms. The lowest BCUT2D eigenvalue weighted by molar-refractivity contribution is 0.201. The predicted molar refractivity (Wildman–Crippen MR) is 97.2 cm³/mol. The molecule has 0 aliphatic carbocycles. The van der Waals surface area contributed by atoms with Crippen molar-refractivity contribution in [2.75, 3.05) is 20.2 Å². The summed E-state index contributed by atoms with van der Waals surface area (Å²) in [6, 6.07) is 6.15. The Morgan fingerprint density at radius 3 is 2.58 bits per heavy atom. The number of benzene rings is 1. The van der Waals surface area contributed by atoms with Gasteiger partial charge in [0, 0.05) is 18.0 Å². The van der Waals surface area contributed by atoms with E-state index in [2.05, 4.69) is 37.1 Å². The maximum Gasteiger partial charge on any atom is 0.344 e. The first-order chi connectivity index (χ1) is 11.5. The number of hydrogen-bond donors (Lipinski definition) is 0. The van der Waals surface area contributed by atoms with Crippen LogP contribution in [0.3, 0.4) is 0 Å². The van der Waals surface area contributed by atoms with Gasteiger partial charge >= 0.3 is 6.03 Å². The van der Waals surface area contributed by atoms with Crippen molar-refractivity contribution in [3.8, 4) is 5.75 Å². The number of rotatable bonds is 6. The molecule has 2 rings (SSSR count). The van der Waals surface area contributed by atoms with Gasteiger partial charge < -0.3 is 9.64 Å². The molecule has 130 valence electrons. The van der Waals surface area contributed by atoms with Crippen LogP contribution in [-0.4, -0.2) is 40.9 Å². The van der Waals surface area contributed by atoms with Crippen LogP contribution in [0.2, 0.25) is 0 Å². The van der Waals surface area contributed by atoms with Gasteiger partial charge in [-0.2, -0.15) is 9.78 Å². The topological polar surface area (TPSA) is 47.4 Å². The second kappa shape index (κ2) is 8.24. The Morgan fingerprint density at radius 1 is 1.29 bits per heavy atom. The SMILES string of the molecule is CCc1cccc(C)c1Sc1nn(C(=O)N(CC)CC)cc1OC. The van der Waals surface area contributed by atoms with Crippen molar-refractivity contribution >= 4 is 17.8 Å². The molecule has 0 fully saturated rings. The van der Waals surface area contributed by atoms with Crippen molar-refractivity contribution in [3.63, 3.8) is 0 Å². The van der Waals surface area contributed by atoms with Crippen LogP contribution in [-0.2, 0) is 6.42 Å². The van der Waals surface area contributed by atoms with Crippen LogP contribution in [0, 0.1) is 6.92 Å². The fourth-order valence-electron chi connectivity index (χ4n) is 2.52. The van der Waals surface area contributed by atoms with E-state index < -0.39 is 0 Å². The summed E-state index contributed by atoms with van der Waals surface area (Å²) in [4.78, 5) is 15.4. The Bertz CT molecular complexity index is 708. The van der Waals surface area contributed by atoms with Gasteiger partial charge in [0.05, 0.1) is 13.3 Å². The quantitative estimate of drug-likeness (QED) is 0.785. The first-order valence-electron chi connectivity index (χ1n) is 8.24. The van der Waals surface area contributed by atoms with E-state index in [0.29, 0.717) is 23.9 Å². The molecule has 0 bridgehead atoms. The molecule has 1 heterocycles. The lowest BCUT2D eigenvalue weighted by atomic mass is 10.1. The summed E-state index contributed by atoms with van der Waals surface area (Å²) in [5, 5.41) is 5.18. The molecule has 1 amide bonds. The van der Waals surface area contributed by atoms with E-state index in [0.717, 1.165) is 6.42 Å². The average molecular weight is 347 g/mol. The molecule has 0 atom stereocenters. The van der Waals surface area contributed by atoms with Crippen molar-refractivity contribution in [3.05, 3.63) is 35.5 Å². The van der Waals surface area contributed by atoms with E-state index in [4.69, 9.17) is 4.74 Å². The summed E-state index contributed by atoms with van der Waals surface area (Å²) >= 11 is 1.55. The molecule has 5 nitrogen and oxygen atoms in total. The van der Waals surface area contributed by atoms with Crippen molar-refractivity contribution in [1.82, 2.24) is 14.7 Å². The van der Waals surface area contributed by atoms with Crippen molar-refractivity contribution in [1.29, 1.82) is 0 Å². The molecular weight excluding hydrogens is 322 g/mol. The predicted octanol–water partition coefficient (Wildman–Crippen LogP) is 4.22. The van der Waals surface area contributed by atoms with E-state index >= 15 is 0 Å². The maximum absolute atomic E-state index is 12.5.